The van der Waals surface area contributed by atoms with Crippen LogP contribution in [0.2, 0.25) is 0 Å². The minimum atomic E-state index is 0.0346. The Morgan fingerprint density at radius 1 is 1.29 bits per heavy atom. The zero-order chi connectivity index (χ0) is 14.7. The number of hydrogen-bond donors (Lipinski definition) is 1. The van der Waals surface area contributed by atoms with Crippen molar-refractivity contribution in [2.24, 2.45) is 0 Å². The van der Waals surface area contributed by atoms with Crippen molar-refractivity contribution >= 4 is 5.69 Å². The summed E-state index contributed by atoms with van der Waals surface area (Å²) in [5.74, 6) is 1.48. The third kappa shape index (κ3) is 3.26. The molecule has 1 N–H and O–H groups in total. The zero-order valence-corrected chi connectivity index (χ0v) is 12.9. The fourth-order valence-electron chi connectivity index (χ4n) is 2.85. The van der Waals surface area contributed by atoms with Crippen LogP contribution in [-0.2, 0) is 19.3 Å². The van der Waals surface area contributed by atoms with Gasteiger partial charge in [0.25, 0.3) is 0 Å². The maximum absolute atomic E-state index is 5.36. The number of aryl methyl sites for hydroxylation is 3. The van der Waals surface area contributed by atoms with Gasteiger partial charge in [-0.3, -0.25) is 0 Å². The van der Waals surface area contributed by atoms with Crippen molar-refractivity contribution in [3.63, 3.8) is 0 Å². The molecule has 0 amide bonds. The Labute approximate surface area is 126 Å². The molecule has 0 saturated carbocycles. The number of aromatic nitrogens is 2. The highest BCUT2D eigenvalue weighted by Crippen LogP contribution is 2.26. The van der Waals surface area contributed by atoms with E-state index in [1.54, 1.807) is 0 Å². The standard InChI is InChI=1S/C17H23N3O/c1-3-4-8-16-19-17(21-20-16)12(2)18-15-10-9-13-6-5-7-14(13)11-15/h9-12,18H,3-8H2,1-2H3. The number of hydrogen-bond acceptors (Lipinski definition) is 4. The van der Waals surface area contributed by atoms with Crippen LogP contribution in [0.5, 0.6) is 0 Å². The summed E-state index contributed by atoms with van der Waals surface area (Å²) in [6.07, 6.45) is 6.83. The lowest BCUT2D eigenvalue weighted by atomic mass is 10.1. The van der Waals surface area contributed by atoms with Crippen LogP contribution >= 0.6 is 0 Å². The summed E-state index contributed by atoms with van der Waals surface area (Å²) < 4.78 is 5.36. The molecule has 112 valence electrons. The van der Waals surface area contributed by atoms with Crippen LogP contribution < -0.4 is 5.32 Å². The highest BCUT2D eigenvalue weighted by molar-refractivity contribution is 5.50. The lowest BCUT2D eigenvalue weighted by Gasteiger charge is -2.12. The first-order valence-electron chi connectivity index (χ1n) is 7.97. The molecule has 4 heteroatoms. The number of unbranched alkanes of at least 4 members (excludes halogenated alkanes) is 1. The van der Waals surface area contributed by atoms with Gasteiger partial charge >= 0.3 is 0 Å². The number of fused-ring (bicyclic) bond motifs is 1. The van der Waals surface area contributed by atoms with E-state index in [4.69, 9.17) is 4.52 Å². The molecular weight excluding hydrogens is 262 g/mol. The van der Waals surface area contributed by atoms with Crippen LogP contribution in [0.4, 0.5) is 5.69 Å². The van der Waals surface area contributed by atoms with Crippen molar-refractivity contribution in [1.29, 1.82) is 0 Å². The van der Waals surface area contributed by atoms with Gasteiger partial charge in [0.15, 0.2) is 5.82 Å². The van der Waals surface area contributed by atoms with E-state index in [-0.39, 0.29) is 6.04 Å². The number of benzene rings is 1. The van der Waals surface area contributed by atoms with Gasteiger partial charge in [0.1, 0.15) is 6.04 Å². The van der Waals surface area contributed by atoms with Crippen LogP contribution in [-0.4, -0.2) is 10.1 Å². The summed E-state index contributed by atoms with van der Waals surface area (Å²) in [4.78, 5) is 4.48. The maximum Gasteiger partial charge on any atom is 0.248 e. The van der Waals surface area contributed by atoms with Crippen molar-refractivity contribution in [3.05, 3.63) is 41.0 Å². The molecule has 0 spiro atoms. The SMILES string of the molecule is CCCCc1noc(C(C)Nc2ccc3c(c2)CCC3)n1. The second-order valence-corrected chi connectivity index (χ2v) is 5.86. The predicted octanol–water partition coefficient (Wildman–Crippen LogP) is 4.07. The maximum atomic E-state index is 5.36. The van der Waals surface area contributed by atoms with Crippen molar-refractivity contribution < 1.29 is 4.52 Å². The van der Waals surface area contributed by atoms with Crippen LogP contribution in [0.25, 0.3) is 0 Å². The molecule has 4 nitrogen and oxygen atoms in total. The van der Waals surface area contributed by atoms with Gasteiger partial charge in [-0.1, -0.05) is 24.6 Å². The van der Waals surface area contributed by atoms with Gasteiger partial charge in [-0.2, -0.15) is 4.98 Å². The molecule has 0 radical (unpaired) electrons. The molecule has 1 unspecified atom stereocenters. The molecule has 0 bridgehead atoms. The first-order valence-corrected chi connectivity index (χ1v) is 7.97. The highest BCUT2D eigenvalue weighted by Gasteiger charge is 2.16. The van der Waals surface area contributed by atoms with Crippen molar-refractivity contribution in [1.82, 2.24) is 10.1 Å². The average Bonchev–Trinajstić information content (AvgIpc) is 3.13. The fraction of sp³-hybridized carbons (Fsp3) is 0.529. The summed E-state index contributed by atoms with van der Waals surface area (Å²) >= 11 is 0. The van der Waals surface area contributed by atoms with Gasteiger partial charge in [0.05, 0.1) is 0 Å². The van der Waals surface area contributed by atoms with E-state index in [2.05, 4.69) is 47.5 Å². The zero-order valence-electron chi connectivity index (χ0n) is 12.9. The van der Waals surface area contributed by atoms with Crippen molar-refractivity contribution in [3.8, 4) is 0 Å². The second-order valence-electron chi connectivity index (χ2n) is 5.86. The molecule has 1 aliphatic rings. The molecule has 2 aromatic rings. The largest absolute Gasteiger partial charge is 0.374 e. The second kappa shape index (κ2) is 6.29. The lowest BCUT2D eigenvalue weighted by Crippen LogP contribution is -2.07. The van der Waals surface area contributed by atoms with E-state index in [1.807, 2.05) is 0 Å². The van der Waals surface area contributed by atoms with Crippen LogP contribution in [0.15, 0.2) is 22.7 Å². The molecule has 3 rings (SSSR count). The Hall–Kier alpha value is -1.84. The van der Waals surface area contributed by atoms with E-state index in [9.17, 15) is 0 Å². The molecule has 0 fully saturated rings. The quantitative estimate of drug-likeness (QED) is 0.869. The van der Waals surface area contributed by atoms with Crippen molar-refractivity contribution in [2.45, 2.75) is 58.4 Å². The summed E-state index contributed by atoms with van der Waals surface area (Å²) in [6, 6.07) is 6.67. The van der Waals surface area contributed by atoms with Gasteiger partial charge in [-0.15, -0.1) is 0 Å². The molecule has 1 heterocycles. The van der Waals surface area contributed by atoms with Crippen LogP contribution in [0, 0.1) is 0 Å². The highest BCUT2D eigenvalue weighted by atomic mass is 16.5. The topological polar surface area (TPSA) is 51.0 Å². The third-order valence-corrected chi connectivity index (χ3v) is 4.09. The molecule has 1 aromatic heterocycles. The third-order valence-electron chi connectivity index (χ3n) is 4.09. The lowest BCUT2D eigenvalue weighted by molar-refractivity contribution is 0.362. The van der Waals surface area contributed by atoms with E-state index in [0.29, 0.717) is 5.89 Å². The first-order chi connectivity index (χ1) is 10.3. The molecule has 0 saturated heterocycles. The summed E-state index contributed by atoms with van der Waals surface area (Å²) in [7, 11) is 0. The van der Waals surface area contributed by atoms with Crippen molar-refractivity contribution in [2.75, 3.05) is 5.32 Å². The van der Waals surface area contributed by atoms with E-state index in [1.165, 1.54) is 30.4 Å². The Morgan fingerprint density at radius 3 is 3.00 bits per heavy atom. The average molecular weight is 285 g/mol. The Bertz CT molecular complexity index is 606. The minimum Gasteiger partial charge on any atom is -0.374 e. The smallest absolute Gasteiger partial charge is 0.248 e. The number of nitrogens with zero attached hydrogens (tertiary/aromatic N) is 2. The van der Waals surface area contributed by atoms with Crippen LogP contribution in [0.1, 0.15) is 62.0 Å². The number of rotatable bonds is 6. The molecule has 1 aromatic carbocycles. The predicted molar refractivity (Wildman–Crippen MR) is 83.4 cm³/mol. The summed E-state index contributed by atoms with van der Waals surface area (Å²) in [5.41, 5.74) is 4.10. The van der Waals surface area contributed by atoms with Gasteiger partial charge < -0.3 is 9.84 Å². The minimum absolute atomic E-state index is 0.0346. The molecule has 21 heavy (non-hydrogen) atoms. The van der Waals surface area contributed by atoms with E-state index in [0.717, 1.165) is 30.8 Å². The van der Waals surface area contributed by atoms with Crippen LogP contribution in [0.3, 0.4) is 0 Å². The number of anilines is 1. The summed E-state index contributed by atoms with van der Waals surface area (Å²) in [6.45, 7) is 4.23. The first kappa shape index (κ1) is 14.1. The molecule has 1 aliphatic carbocycles. The fourth-order valence-corrected chi connectivity index (χ4v) is 2.85. The number of nitrogens with one attached hydrogen (secondary N) is 1. The Kier molecular flexibility index (Phi) is 4.23. The van der Waals surface area contributed by atoms with Gasteiger partial charge in [0.2, 0.25) is 5.89 Å². The molecular formula is C17H23N3O. The normalized spacial score (nSPS) is 15.0. The Balaban J connectivity index is 1.65. The van der Waals surface area contributed by atoms with Gasteiger partial charge in [-0.05, 0) is 55.9 Å². The van der Waals surface area contributed by atoms with E-state index < -0.39 is 0 Å². The Morgan fingerprint density at radius 2 is 2.14 bits per heavy atom. The van der Waals surface area contributed by atoms with Gasteiger partial charge in [-0.25, -0.2) is 0 Å². The van der Waals surface area contributed by atoms with E-state index >= 15 is 0 Å². The molecule has 0 aliphatic heterocycles. The molecule has 1 atom stereocenters. The summed E-state index contributed by atoms with van der Waals surface area (Å²) in [5, 5.41) is 7.51. The van der Waals surface area contributed by atoms with Gasteiger partial charge in [0, 0.05) is 12.1 Å². The monoisotopic (exact) mass is 285 g/mol.